The van der Waals surface area contributed by atoms with Crippen molar-refractivity contribution in [3.05, 3.63) is 65.5 Å². The third-order valence-corrected chi connectivity index (χ3v) is 7.25. The van der Waals surface area contributed by atoms with Gasteiger partial charge in [0.05, 0.1) is 11.6 Å². The Morgan fingerprint density at radius 3 is 2.35 bits per heavy atom. The predicted molar refractivity (Wildman–Crippen MR) is 133 cm³/mol. The Labute approximate surface area is 201 Å². The number of nitrogens with zero attached hydrogens (tertiary/aromatic N) is 6. The van der Waals surface area contributed by atoms with Crippen molar-refractivity contribution in [2.24, 2.45) is 11.8 Å². The maximum absolute atomic E-state index is 13.3. The lowest BCUT2D eigenvalue weighted by atomic mass is 9.89. The van der Waals surface area contributed by atoms with Gasteiger partial charge in [-0.3, -0.25) is 4.79 Å². The van der Waals surface area contributed by atoms with Gasteiger partial charge in [0, 0.05) is 31.9 Å². The second-order valence-corrected chi connectivity index (χ2v) is 9.83. The van der Waals surface area contributed by atoms with Gasteiger partial charge in [0.15, 0.2) is 11.6 Å². The van der Waals surface area contributed by atoms with E-state index in [4.69, 9.17) is 0 Å². The fraction of sp³-hybridized carbons (Fsp3) is 0.481. The number of carbonyl (C=O) groups excluding carboxylic acids is 1. The molecule has 7 heteroatoms. The van der Waals surface area contributed by atoms with Crippen molar-refractivity contribution in [2.45, 2.75) is 46.0 Å². The molecule has 1 atom stereocenters. The summed E-state index contributed by atoms with van der Waals surface area (Å²) in [4.78, 5) is 17.6. The van der Waals surface area contributed by atoms with Crippen LogP contribution in [-0.2, 0) is 11.2 Å². The molecule has 3 aromatic rings. The number of carbonyl (C=O) groups is 1. The SMILES string of the molecule is Cc1cc(C)n(-c2ccc(N3CCCC(C(=O)N4CCC(Cc5ccccc5)CC4)C3)nn2)n1. The van der Waals surface area contributed by atoms with Crippen molar-refractivity contribution < 1.29 is 4.79 Å². The maximum Gasteiger partial charge on any atom is 0.227 e. The van der Waals surface area contributed by atoms with E-state index in [0.29, 0.717) is 11.8 Å². The Hall–Kier alpha value is -3.22. The first-order valence-corrected chi connectivity index (χ1v) is 12.5. The number of aromatic nitrogens is 4. The van der Waals surface area contributed by atoms with Gasteiger partial charge in [-0.05, 0) is 75.6 Å². The molecule has 4 heterocycles. The summed E-state index contributed by atoms with van der Waals surface area (Å²) in [5, 5.41) is 13.4. The maximum atomic E-state index is 13.3. The zero-order valence-electron chi connectivity index (χ0n) is 20.2. The summed E-state index contributed by atoms with van der Waals surface area (Å²) in [5.74, 6) is 2.58. The van der Waals surface area contributed by atoms with E-state index in [1.807, 2.05) is 36.7 Å². The van der Waals surface area contributed by atoms with Crippen LogP contribution in [0.15, 0.2) is 48.5 Å². The second kappa shape index (κ2) is 9.95. The highest BCUT2D eigenvalue weighted by Crippen LogP contribution is 2.27. The molecule has 0 spiro atoms. The number of amides is 1. The van der Waals surface area contributed by atoms with Gasteiger partial charge in [0.1, 0.15) is 0 Å². The van der Waals surface area contributed by atoms with Crippen molar-refractivity contribution in [2.75, 3.05) is 31.1 Å². The van der Waals surface area contributed by atoms with Crippen molar-refractivity contribution in [1.29, 1.82) is 0 Å². The molecule has 0 N–H and O–H groups in total. The molecule has 178 valence electrons. The molecular weight excluding hydrogens is 424 g/mol. The molecule has 0 saturated carbocycles. The molecule has 2 aliphatic rings. The Morgan fingerprint density at radius 1 is 0.941 bits per heavy atom. The van der Waals surface area contributed by atoms with Gasteiger partial charge in [0.25, 0.3) is 0 Å². The first-order valence-electron chi connectivity index (χ1n) is 12.5. The van der Waals surface area contributed by atoms with Crippen LogP contribution in [0.3, 0.4) is 0 Å². The molecule has 0 aliphatic carbocycles. The molecule has 1 amide bonds. The number of anilines is 1. The number of rotatable bonds is 5. The minimum atomic E-state index is 0.0388. The average Bonchev–Trinajstić information content (AvgIpc) is 3.22. The summed E-state index contributed by atoms with van der Waals surface area (Å²) < 4.78 is 1.82. The van der Waals surface area contributed by atoms with Crippen LogP contribution >= 0.6 is 0 Å². The molecule has 1 unspecified atom stereocenters. The molecule has 1 aromatic carbocycles. The number of hydrogen-bond donors (Lipinski definition) is 0. The van der Waals surface area contributed by atoms with Crippen molar-refractivity contribution in [1.82, 2.24) is 24.9 Å². The van der Waals surface area contributed by atoms with Crippen LogP contribution in [0.1, 0.15) is 42.6 Å². The minimum absolute atomic E-state index is 0.0388. The van der Waals surface area contributed by atoms with E-state index in [1.54, 1.807) is 0 Å². The van der Waals surface area contributed by atoms with Crippen LogP contribution < -0.4 is 4.90 Å². The second-order valence-electron chi connectivity index (χ2n) is 9.83. The first kappa shape index (κ1) is 22.6. The quantitative estimate of drug-likeness (QED) is 0.579. The molecule has 7 nitrogen and oxygen atoms in total. The van der Waals surface area contributed by atoms with Crippen LogP contribution in [0.2, 0.25) is 0 Å². The number of benzene rings is 1. The number of piperidine rings is 2. The van der Waals surface area contributed by atoms with Crippen LogP contribution in [0, 0.1) is 25.7 Å². The molecule has 2 aromatic heterocycles. The monoisotopic (exact) mass is 458 g/mol. The lowest BCUT2D eigenvalue weighted by Gasteiger charge is -2.38. The van der Waals surface area contributed by atoms with Gasteiger partial charge in [-0.15, -0.1) is 10.2 Å². The highest BCUT2D eigenvalue weighted by molar-refractivity contribution is 5.79. The molecule has 34 heavy (non-hydrogen) atoms. The van der Waals surface area contributed by atoms with Crippen molar-refractivity contribution in [3.8, 4) is 5.82 Å². The van der Waals surface area contributed by atoms with Crippen LogP contribution in [0.5, 0.6) is 0 Å². The first-order chi connectivity index (χ1) is 16.6. The smallest absolute Gasteiger partial charge is 0.227 e. The zero-order valence-corrected chi connectivity index (χ0v) is 20.2. The Balaban J connectivity index is 1.17. The van der Waals surface area contributed by atoms with Gasteiger partial charge in [-0.2, -0.15) is 5.10 Å². The van der Waals surface area contributed by atoms with Crippen molar-refractivity contribution in [3.63, 3.8) is 0 Å². The predicted octanol–water partition coefficient (Wildman–Crippen LogP) is 3.98. The summed E-state index contributed by atoms with van der Waals surface area (Å²) in [5.41, 5.74) is 3.40. The highest BCUT2D eigenvalue weighted by atomic mass is 16.2. The van der Waals surface area contributed by atoms with Gasteiger partial charge in [-0.1, -0.05) is 30.3 Å². The number of hydrogen-bond acceptors (Lipinski definition) is 5. The average molecular weight is 459 g/mol. The van der Waals surface area contributed by atoms with E-state index >= 15 is 0 Å². The Kier molecular flexibility index (Phi) is 6.61. The fourth-order valence-electron chi connectivity index (χ4n) is 5.41. The molecule has 0 bridgehead atoms. The summed E-state index contributed by atoms with van der Waals surface area (Å²) in [6.45, 7) is 7.38. The largest absolute Gasteiger partial charge is 0.354 e. The van der Waals surface area contributed by atoms with Gasteiger partial charge >= 0.3 is 0 Å². The van der Waals surface area contributed by atoms with E-state index in [1.165, 1.54) is 5.56 Å². The fourth-order valence-corrected chi connectivity index (χ4v) is 5.41. The Morgan fingerprint density at radius 2 is 1.68 bits per heavy atom. The molecule has 0 radical (unpaired) electrons. The van der Waals surface area contributed by atoms with Crippen LogP contribution in [0.4, 0.5) is 5.82 Å². The number of aryl methyl sites for hydroxylation is 2. The van der Waals surface area contributed by atoms with Crippen LogP contribution in [0.25, 0.3) is 5.82 Å². The Bertz CT molecular complexity index is 1100. The summed E-state index contributed by atoms with van der Waals surface area (Å²) in [7, 11) is 0. The van der Waals surface area contributed by atoms with E-state index in [2.05, 4.69) is 55.4 Å². The van der Waals surface area contributed by atoms with E-state index in [-0.39, 0.29) is 5.92 Å². The third kappa shape index (κ3) is 4.98. The minimum Gasteiger partial charge on any atom is -0.354 e. The van der Waals surface area contributed by atoms with Gasteiger partial charge in [0.2, 0.25) is 5.91 Å². The lowest BCUT2D eigenvalue weighted by molar-refractivity contribution is -0.137. The van der Waals surface area contributed by atoms with Gasteiger partial charge < -0.3 is 9.80 Å². The third-order valence-electron chi connectivity index (χ3n) is 7.25. The molecule has 2 saturated heterocycles. The molecular formula is C27H34N6O. The molecule has 2 aliphatic heterocycles. The van der Waals surface area contributed by atoms with E-state index in [0.717, 1.165) is 81.3 Å². The molecule has 5 rings (SSSR count). The zero-order chi connectivity index (χ0) is 23.5. The standard InChI is InChI=1S/C27H34N6O/c1-20-17-21(2)33(30-20)26-11-10-25(28-29-26)32-14-6-9-24(19-32)27(34)31-15-12-23(13-16-31)18-22-7-4-3-5-8-22/h3-5,7-8,10-11,17,23-24H,6,9,12-16,18-19H2,1-2H3. The highest BCUT2D eigenvalue weighted by Gasteiger charge is 2.32. The lowest BCUT2D eigenvalue weighted by Crippen LogP contribution is -2.47. The summed E-state index contributed by atoms with van der Waals surface area (Å²) in [6, 6.07) is 16.7. The number of likely N-dealkylation sites (tertiary alicyclic amines) is 1. The normalized spacial score (nSPS) is 19.4. The summed E-state index contributed by atoms with van der Waals surface area (Å²) >= 11 is 0. The van der Waals surface area contributed by atoms with E-state index < -0.39 is 0 Å². The summed E-state index contributed by atoms with van der Waals surface area (Å²) in [6.07, 6.45) is 5.26. The van der Waals surface area contributed by atoms with Crippen molar-refractivity contribution >= 4 is 11.7 Å². The van der Waals surface area contributed by atoms with E-state index in [9.17, 15) is 4.79 Å². The van der Waals surface area contributed by atoms with Crippen LogP contribution in [-0.4, -0.2) is 57.0 Å². The van der Waals surface area contributed by atoms with Gasteiger partial charge in [-0.25, -0.2) is 4.68 Å². The topological polar surface area (TPSA) is 67.2 Å². The molecule has 2 fully saturated rings.